The molecule has 2 rings (SSSR count). The Kier molecular flexibility index (Phi) is 5.59. The SMILES string of the molecule is CCCc1c(OC)cc(/C=C/c2ccccc2F)cc1OC. The highest BCUT2D eigenvalue weighted by atomic mass is 19.1. The molecule has 0 amide bonds. The molecule has 0 radical (unpaired) electrons. The molecule has 0 spiro atoms. The second kappa shape index (κ2) is 7.64. The van der Waals surface area contributed by atoms with Gasteiger partial charge in [0.05, 0.1) is 14.2 Å². The van der Waals surface area contributed by atoms with E-state index in [0.717, 1.165) is 35.5 Å². The van der Waals surface area contributed by atoms with E-state index in [0.29, 0.717) is 5.56 Å². The molecule has 22 heavy (non-hydrogen) atoms. The van der Waals surface area contributed by atoms with Crippen molar-refractivity contribution >= 4 is 12.2 Å². The summed E-state index contributed by atoms with van der Waals surface area (Å²) in [5, 5.41) is 0. The normalized spacial score (nSPS) is 10.9. The van der Waals surface area contributed by atoms with E-state index >= 15 is 0 Å². The van der Waals surface area contributed by atoms with Gasteiger partial charge >= 0.3 is 0 Å². The summed E-state index contributed by atoms with van der Waals surface area (Å²) in [7, 11) is 3.30. The van der Waals surface area contributed by atoms with Crippen LogP contribution >= 0.6 is 0 Å². The van der Waals surface area contributed by atoms with Crippen molar-refractivity contribution in [1.29, 1.82) is 0 Å². The minimum absolute atomic E-state index is 0.236. The molecule has 0 N–H and O–H groups in total. The van der Waals surface area contributed by atoms with Gasteiger partial charge < -0.3 is 9.47 Å². The van der Waals surface area contributed by atoms with Crippen LogP contribution in [0.5, 0.6) is 11.5 Å². The summed E-state index contributed by atoms with van der Waals surface area (Å²) in [5.74, 6) is 1.36. The van der Waals surface area contributed by atoms with Gasteiger partial charge in [-0.15, -0.1) is 0 Å². The van der Waals surface area contributed by atoms with Crippen molar-refractivity contribution in [3.8, 4) is 11.5 Å². The molecule has 2 aromatic carbocycles. The predicted molar refractivity (Wildman–Crippen MR) is 88.9 cm³/mol. The van der Waals surface area contributed by atoms with E-state index in [1.54, 1.807) is 32.4 Å². The number of rotatable bonds is 6. The molecule has 0 fully saturated rings. The van der Waals surface area contributed by atoms with Gasteiger partial charge in [-0.25, -0.2) is 4.39 Å². The molecule has 3 heteroatoms. The molecule has 2 aromatic rings. The zero-order valence-corrected chi connectivity index (χ0v) is 13.2. The third kappa shape index (κ3) is 3.67. The number of benzene rings is 2. The average Bonchev–Trinajstić information content (AvgIpc) is 2.55. The third-order valence-electron chi connectivity index (χ3n) is 3.49. The van der Waals surface area contributed by atoms with Crippen LogP contribution in [0, 0.1) is 5.82 Å². The fourth-order valence-corrected chi connectivity index (χ4v) is 2.39. The highest BCUT2D eigenvalue weighted by molar-refractivity contribution is 5.72. The van der Waals surface area contributed by atoms with Gasteiger partial charge in [0.15, 0.2) is 0 Å². The van der Waals surface area contributed by atoms with Crippen LogP contribution in [0.15, 0.2) is 36.4 Å². The molecule has 0 heterocycles. The highest BCUT2D eigenvalue weighted by Crippen LogP contribution is 2.32. The molecule has 0 aromatic heterocycles. The topological polar surface area (TPSA) is 18.5 Å². The Morgan fingerprint density at radius 1 is 1.00 bits per heavy atom. The van der Waals surface area contributed by atoms with E-state index in [1.807, 2.05) is 24.3 Å². The quantitative estimate of drug-likeness (QED) is 0.702. The summed E-state index contributed by atoms with van der Waals surface area (Å²) in [5.41, 5.74) is 2.53. The van der Waals surface area contributed by atoms with Crippen LogP contribution < -0.4 is 9.47 Å². The minimum Gasteiger partial charge on any atom is -0.496 e. The fraction of sp³-hybridized carbons (Fsp3) is 0.263. The first-order valence-corrected chi connectivity index (χ1v) is 7.37. The Bertz CT molecular complexity index is 637. The van der Waals surface area contributed by atoms with Crippen molar-refractivity contribution in [2.45, 2.75) is 19.8 Å². The van der Waals surface area contributed by atoms with Gasteiger partial charge in [-0.2, -0.15) is 0 Å². The first-order chi connectivity index (χ1) is 10.7. The predicted octanol–water partition coefficient (Wildman–Crippen LogP) is 4.97. The monoisotopic (exact) mass is 300 g/mol. The maximum atomic E-state index is 13.6. The highest BCUT2D eigenvalue weighted by Gasteiger charge is 2.10. The Morgan fingerprint density at radius 2 is 1.64 bits per heavy atom. The number of halogens is 1. The van der Waals surface area contributed by atoms with Crippen molar-refractivity contribution in [3.63, 3.8) is 0 Å². The molecule has 0 saturated carbocycles. The largest absolute Gasteiger partial charge is 0.496 e. The van der Waals surface area contributed by atoms with Crippen LogP contribution in [0.25, 0.3) is 12.2 Å². The summed E-state index contributed by atoms with van der Waals surface area (Å²) in [6.07, 6.45) is 5.52. The Labute approximate surface area is 131 Å². The summed E-state index contributed by atoms with van der Waals surface area (Å²) < 4.78 is 24.6. The van der Waals surface area contributed by atoms with Gasteiger partial charge in [-0.3, -0.25) is 0 Å². The van der Waals surface area contributed by atoms with E-state index in [4.69, 9.17) is 9.47 Å². The number of hydrogen-bond donors (Lipinski definition) is 0. The lowest BCUT2D eigenvalue weighted by molar-refractivity contribution is 0.385. The lowest BCUT2D eigenvalue weighted by atomic mass is 10.0. The molecular weight excluding hydrogens is 279 g/mol. The standard InChI is InChI=1S/C19H21FO2/c1-4-7-16-18(21-2)12-14(13-19(16)22-3)10-11-15-8-5-6-9-17(15)20/h5-6,8-13H,4,7H2,1-3H3/b11-10+. The van der Waals surface area contributed by atoms with Crippen molar-refractivity contribution < 1.29 is 13.9 Å². The van der Waals surface area contributed by atoms with Crippen LogP contribution in [0.2, 0.25) is 0 Å². The zero-order chi connectivity index (χ0) is 15.9. The lowest BCUT2D eigenvalue weighted by Gasteiger charge is -2.14. The maximum absolute atomic E-state index is 13.6. The van der Waals surface area contributed by atoms with Gasteiger partial charge in [-0.05, 0) is 30.2 Å². The van der Waals surface area contributed by atoms with Gasteiger partial charge in [-0.1, -0.05) is 43.7 Å². The molecule has 0 atom stereocenters. The lowest BCUT2D eigenvalue weighted by Crippen LogP contribution is -1.97. The van der Waals surface area contributed by atoms with Crippen molar-refractivity contribution in [1.82, 2.24) is 0 Å². The molecular formula is C19H21FO2. The van der Waals surface area contributed by atoms with Crippen LogP contribution in [0.1, 0.15) is 30.0 Å². The van der Waals surface area contributed by atoms with E-state index in [2.05, 4.69) is 6.92 Å². The first-order valence-electron chi connectivity index (χ1n) is 7.37. The zero-order valence-electron chi connectivity index (χ0n) is 13.2. The molecule has 0 bridgehead atoms. The smallest absolute Gasteiger partial charge is 0.130 e. The van der Waals surface area contributed by atoms with Crippen molar-refractivity contribution in [2.75, 3.05) is 14.2 Å². The first kappa shape index (κ1) is 16.1. The Morgan fingerprint density at radius 3 is 2.18 bits per heavy atom. The van der Waals surface area contributed by atoms with E-state index in [-0.39, 0.29) is 5.82 Å². The average molecular weight is 300 g/mol. The summed E-state index contributed by atoms with van der Waals surface area (Å²) in [4.78, 5) is 0. The second-order valence-electron chi connectivity index (χ2n) is 5.01. The number of ether oxygens (including phenoxy) is 2. The summed E-state index contributed by atoms with van der Waals surface area (Å²) in [6.45, 7) is 2.12. The van der Waals surface area contributed by atoms with Crippen LogP contribution in [0.3, 0.4) is 0 Å². The Hall–Kier alpha value is -2.29. The second-order valence-corrected chi connectivity index (χ2v) is 5.01. The van der Waals surface area contributed by atoms with Crippen molar-refractivity contribution in [3.05, 3.63) is 58.9 Å². The number of methoxy groups -OCH3 is 2. The van der Waals surface area contributed by atoms with Gasteiger partial charge in [0.25, 0.3) is 0 Å². The van der Waals surface area contributed by atoms with E-state index in [9.17, 15) is 4.39 Å². The van der Waals surface area contributed by atoms with Crippen LogP contribution in [-0.4, -0.2) is 14.2 Å². The van der Waals surface area contributed by atoms with Gasteiger partial charge in [0.1, 0.15) is 17.3 Å². The number of hydrogen-bond acceptors (Lipinski definition) is 2. The molecule has 116 valence electrons. The van der Waals surface area contributed by atoms with Crippen LogP contribution in [-0.2, 0) is 6.42 Å². The van der Waals surface area contributed by atoms with Crippen LogP contribution in [0.4, 0.5) is 4.39 Å². The minimum atomic E-state index is -0.236. The summed E-state index contributed by atoms with van der Waals surface area (Å²) >= 11 is 0. The fourth-order valence-electron chi connectivity index (χ4n) is 2.39. The molecule has 0 aliphatic rings. The molecule has 0 aliphatic carbocycles. The summed E-state index contributed by atoms with van der Waals surface area (Å²) in [6, 6.07) is 10.6. The van der Waals surface area contributed by atoms with E-state index in [1.165, 1.54) is 6.07 Å². The van der Waals surface area contributed by atoms with Crippen molar-refractivity contribution in [2.24, 2.45) is 0 Å². The molecule has 0 saturated heterocycles. The maximum Gasteiger partial charge on any atom is 0.130 e. The van der Waals surface area contributed by atoms with Gasteiger partial charge in [0, 0.05) is 11.1 Å². The molecule has 0 unspecified atom stereocenters. The molecule has 2 nitrogen and oxygen atoms in total. The van der Waals surface area contributed by atoms with Gasteiger partial charge in [0.2, 0.25) is 0 Å². The molecule has 0 aliphatic heterocycles. The van der Waals surface area contributed by atoms with E-state index < -0.39 is 0 Å². The Balaban J connectivity index is 2.38. The third-order valence-corrected chi connectivity index (χ3v) is 3.49.